The predicted molar refractivity (Wildman–Crippen MR) is 74.1 cm³/mol. The van der Waals surface area contributed by atoms with Crippen molar-refractivity contribution in [1.82, 2.24) is 0 Å². The van der Waals surface area contributed by atoms with Crippen LogP contribution in [0.5, 0.6) is 0 Å². The van der Waals surface area contributed by atoms with Crippen molar-refractivity contribution in [3.05, 3.63) is 59.8 Å². The molecule has 0 bridgehead atoms. The third-order valence-electron chi connectivity index (χ3n) is 3.82. The third kappa shape index (κ3) is 3.72. The molecule has 0 saturated carbocycles. The molecule has 0 N–H and O–H groups in total. The van der Waals surface area contributed by atoms with Crippen molar-refractivity contribution in [3.8, 4) is 0 Å². The van der Waals surface area contributed by atoms with Crippen LogP contribution in [0.15, 0.2) is 48.7 Å². The quantitative estimate of drug-likeness (QED) is 0.487. The average molecular weight is 352 g/mol. The summed E-state index contributed by atoms with van der Waals surface area (Å²) >= 11 is 0. The number of Topliss-reactive ketones (excluding diaryl/α,β-unsaturated/α-hetero) is 1. The topological polar surface area (TPSA) is 103 Å². The largest absolute Gasteiger partial charge is 0.322 e. The van der Waals surface area contributed by atoms with Gasteiger partial charge in [0.25, 0.3) is 4.39 Å². The molecule has 1 aromatic carbocycles. The van der Waals surface area contributed by atoms with Gasteiger partial charge in [0.05, 0.1) is 6.20 Å². The van der Waals surface area contributed by atoms with Gasteiger partial charge in [-0.1, -0.05) is 30.3 Å². The molecule has 0 amide bonds. The molecule has 2 aromatic rings. The first-order valence-corrected chi connectivity index (χ1v) is 8.54. The van der Waals surface area contributed by atoms with Gasteiger partial charge in [0, 0.05) is 16.7 Å². The predicted octanol–water partition coefficient (Wildman–Crippen LogP) is -1.57. The normalized spacial score (nSPS) is 17.5. The fourth-order valence-corrected chi connectivity index (χ4v) is 3.08. The molecule has 7 nitrogen and oxygen atoms in total. The minimum atomic E-state index is -4.65. The van der Waals surface area contributed by atoms with Crippen molar-refractivity contribution in [2.45, 2.75) is 13.5 Å². The van der Waals surface area contributed by atoms with Crippen LogP contribution in [0.3, 0.4) is 0 Å². The van der Waals surface area contributed by atoms with E-state index in [0.29, 0.717) is 17.9 Å². The van der Waals surface area contributed by atoms with Crippen molar-refractivity contribution in [1.29, 1.82) is 0 Å². The van der Waals surface area contributed by atoms with Crippen molar-refractivity contribution < 1.29 is 38.0 Å². The number of halogens is 1. The lowest BCUT2D eigenvalue weighted by atomic mass is 9.96. The maximum Gasteiger partial charge on any atom is 0.322 e. The minimum Gasteiger partial charge on any atom is -0.294 e. The second kappa shape index (κ2) is 6.46. The molecule has 1 atom stereocenters. The maximum absolute atomic E-state index is 12.7. The molecule has 0 saturated heterocycles. The van der Waals surface area contributed by atoms with E-state index in [2.05, 4.69) is 4.39 Å². The number of benzene rings is 1. The number of hydroxylamine groups is 1. The van der Waals surface area contributed by atoms with E-state index in [4.69, 9.17) is 0 Å². The van der Waals surface area contributed by atoms with Gasteiger partial charge in [0.15, 0.2) is 5.78 Å². The summed E-state index contributed by atoms with van der Waals surface area (Å²) < 4.78 is 39.2. The summed E-state index contributed by atoms with van der Waals surface area (Å²) in [7, 11) is -4.65. The Morgan fingerprint density at radius 3 is 2.62 bits per heavy atom. The van der Waals surface area contributed by atoms with Gasteiger partial charge in [0.1, 0.15) is 29.3 Å². The van der Waals surface area contributed by atoms with Crippen LogP contribution >= 0.6 is 0 Å². The highest BCUT2D eigenvalue weighted by Gasteiger charge is 2.44. The van der Waals surface area contributed by atoms with E-state index >= 15 is 0 Å². The highest BCUT2D eigenvalue weighted by molar-refractivity contribution is 5.98. The molecule has 0 radical (unpaired) electrons. The third-order valence-corrected chi connectivity index (χ3v) is 4.16. The van der Waals surface area contributed by atoms with Crippen LogP contribution in [0, 0.1) is 23.1 Å². The Hall–Kier alpha value is -2.03. The lowest BCUT2D eigenvalue weighted by Crippen LogP contribution is -2.66. The molecular weight excluding hydrogens is 336 g/mol. The van der Waals surface area contributed by atoms with Crippen molar-refractivity contribution in [3.63, 3.8) is 0 Å². The number of nitrogens with zero attached hydrogens (tertiary/aromatic N) is 2. The van der Waals surface area contributed by atoms with Gasteiger partial charge in [-0.05, 0) is 18.6 Å². The summed E-state index contributed by atoms with van der Waals surface area (Å²) in [6.45, 7) is 2.19. The van der Waals surface area contributed by atoms with E-state index in [1.807, 2.05) is 19.1 Å². The summed E-state index contributed by atoms with van der Waals surface area (Å²) in [6.07, 6.45) is 1.74. The Bertz CT molecular complexity index is 748. The molecular formula is C16H16ClN2O5+. The van der Waals surface area contributed by atoms with Crippen LogP contribution in [0.1, 0.15) is 15.9 Å². The van der Waals surface area contributed by atoms with Gasteiger partial charge in [-0.25, -0.2) is 4.57 Å². The Morgan fingerprint density at radius 2 is 1.96 bits per heavy atom. The molecule has 1 aromatic heterocycles. The van der Waals surface area contributed by atoms with Crippen LogP contribution in [-0.4, -0.2) is 12.3 Å². The van der Waals surface area contributed by atoms with Crippen molar-refractivity contribution in [2.75, 3.05) is 11.6 Å². The van der Waals surface area contributed by atoms with Crippen LogP contribution < -0.4 is 23.6 Å². The fraction of sp³-hybridized carbons (Fsp3) is 0.250. The Morgan fingerprint density at radius 1 is 1.25 bits per heavy atom. The first kappa shape index (κ1) is 16.8. The van der Waals surface area contributed by atoms with E-state index in [0.717, 1.165) is 10.6 Å². The molecule has 0 spiro atoms. The molecule has 1 aliphatic heterocycles. The number of carbonyl (C=O) groups excluding carboxylic acids is 1. The van der Waals surface area contributed by atoms with Gasteiger partial charge in [-0.2, -0.15) is 14.0 Å². The molecule has 1 unspecified atom stereocenters. The highest BCUT2D eigenvalue weighted by Crippen LogP contribution is 2.22. The second-order valence-electron chi connectivity index (χ2n) is 5.65. The Kier molecular flexibility index (Phi) is 4.53. The minimum absolute atomic E-state index is 0.0222. The number of hydrogen-bond donors (Lipinski definition) is 0. The van der Waals surface area contributed by atoms with E-state index in [9.17, 15) is 18.8 Å². The zero-order valence-corrected chi connectivity index (χ0v) is 13.7. The standard InChI is InChI=1S/C16H16ClN2O5/c1-12-7-8-18-10-14(16(20)13-5-3-2-4-6-13)11-19(15(18)9-12)24-17(21,22)23/h2-9,14H,10-11H2,1H3/q+1. The SMILES string of the molecule is Cc1cc[n+]2c(c1)N(O[Cl+3]([O-])([O-])[O-])CC(C(=O)c1ccccc1)C2. The second-order valence-corrected chi connectivity index (χ2v) is 6.54. The van der Waals surface area contributed by atoms with Gasteiger partial charge in [-0.3, -0.25) is 4.79 Å². The smallest absolute Gasteiger partial charge is 0.294 e. The number of hydrogen-bond acceptors (Lipinski definition) is 6. The highest BCUT2D eigenvalue weighted by atomic mass is 35.7. The molecule has 0 aliphatic carbocycles. The van der Waals surface area contributed by atoms with E-state index < -0.39 is 16.2 Å². The van der Waals surface area contributed by atoms with Gasteiger partial charge in [0.2, 0.25) is 0 Å². The molecule has 8 heteroatoms. The summed E-state index contributed by atoms with van der Waals surface area (Å²) in [4.78, 5) is 12.7. The number of aromatic nitrogens is 1. The summed E-state index contributed by atoms with van der Waals surface area (Å²) in [5, 5.41) is 0.964. The van der Waals surface area contributed by atoms with Gasteiger partial charge >= 0.3 is 5.82 Å². The Labute approximate surface area is 141 Å². The fourth-order valence-electron chi connectivity index (χ4n) is 2.75. The molecule has 2 heterocycles. The first-order valence-electron chi connectivity index (χ1n) is 7.31. The lowest BCUT2D eigenvalue weighted by Gasteiger charge is -2.24. The zero-order valence-electron chi connectivity index (χ0n) is 12.9. The summed E-state index contributed by atoms with van der Waals surface area (Å²) in [6, 6.07) is 12.3. The van der Waals surface area contributed by atoms with Crippen molar-refractivity contribution in [2.24, 2.45) is 5.92 Å². The number of pyridine rings is 1. The van der Waals surface area contributed by atoms with E-state index in [1.54, 1.807) is 41.1 Å². The Balaban J connectivity index is 1.92. The number of carbonyl (C=O) groups is 1. The molecule has 3 rings (SSSR count). The number of ketones is 1. The van der Waals surface area contributed by atoms with Crippen LogP contribution in [0.25, 0.3) is 0 Å². The number of fused-ring (bicyclic) bond motifs is 1. The van der Waals surface area contributed by atoms with Crippen LogP contribution in [-0.2, 0) is 10.9 Å². The van der Waals surface area contributed by atoms with E-state index in [-0.39, 0.29) is 12.3 Å². The molecule has 0 fully saturated rings. The number of aryl methyl sites for hydroxylation is 1. The number of rotatable bonds is 4. The number of anilines is 1. The molecule has 1 aliphatic rings. The molecule has 24 heavy (non-hydrogen) atoms. The zero-order chi connectivity index (χ0) is 17.3. The van der Waals surface area contributed by atoms with Crippen LogP contribution in [0.2, 0.25) is 0 Å². The van der Waals surface area contributed by atoms with Crippen LogP contribution in [0.4, 0.5) is 5.82 Å². The monoisotopic (exact) mass is 351 g/mol. The maximum atomic E-state index is 12.7. The van der Waals surface area contributed by atoms with E-state index in [1.165, 1.54) is 0 Å². The van der Waals surface area contributed by atoms with Gasteiger partial charge in [-0.15, -0.1) is 0 Å². The van der Waals surface area contributed by atoms with Crippen molar-refractivity contribution >= 4 is 11.6 Å². The molecule has 126 valence electrons. The lowest BCUT2D eigenvalue weighted by molar-refractivity contribution is -1.92. The summed E-state index contributed by atoms with van der Waals surface area (Å²) in [5.74, 6) is -0.258. The van der Waals surface area contributed by atoms with Gasteiger partial charge < -0.3 is 0 Å². The summed E-state index contributed by atoms with van der Waals surface area (Å²) in [5.41, 5.74) is 1.41. The first-order chi connectivity index (χ1) is 11.3. The average Bonchev–Trinajstić information content (AvgIpc) is 2.54.